The van der Waals surface area contributed by atoms with E-state index in [1.807, 2.05) is 6.07 Å². The molecule has 30 heavy (non-hydrogen) atoms. The van der Waals surface area contributed by atoms with Crippen molar-refractivity contribution in [2.75, 3.05) is 0 Å². The Balaban J connectivity index is 0.00000141. The molecule has 0 aliphatic heterocycles. The van der Waals surface area contributed by atoms with Gasteiger partial charge >= 0.3 is 5.97 Å². The summed E-state index contributed by atoms with van der Waals surface area (Å²) in [5.41, 5.74) is 1.28. The Morgan fingerprint density at radius 3 is 2.40 bits per heavy atom. The number of hydrogen-bond acceptors (Lipinski definition) is 1. The van der Waals surface area contributed by atoms with Gasteiger partial charge in [0.15, 0.2) is 0 Å². The molecule has 0 amide bonds. The van der Waals surface area contributed by atoms with E-state index >= 15 is 0 Å². The number of hydrogen-bond donors (Lipinski definition) is 1. The fourth-order valence-corrected chi connectivity index (χ4v) is 3.78. The summed E-state index contributed by atoms with van der Waals surface area (Å²) < 4.78 is 0. The Bertz CT molecular complexity index is 627. The summed E-state index contributed by atoms with van der Waals surface area (Å²) in [6.07, 6.45) is 25.6. The van der Waals surface area contributed by atoms with Crippen LogP contribution in [0, 0.1) is 11.8 Å². The second-order valence-electron chi connectivity index (χ2n) is 8.23. The van der Waals surface area contributed by atoms with Crippen molar-refractivity contribution in [3.63, 3.8) is 0 Å². The van der Waals surface area contributed by atoms with Crippen molar-refractivity contribution < 1.29 is 9.90 Å². The Labute approximate surface area is 184 Å². The maximum atomic E-state index is 10.5. The zero-order chi connectivity index (χ0) is 21.9. The minimum atomic E-state index is -0.694. The van der Waals surface area contributed by atoms with Crippen molar-refractivity contribution in [1.29, 1.82) is 0 Å². The highest BCUT2D eigenvalue weighted by Crippen LogP contribution is 2.35. The summed E-state index contributed by atoms with van der Waals surface area (Å²) in [6, 6.07) is 10.5. The number of unbranched alkanes of at least 4 members (excludes halogenated alkanes) is 3. The molecule has 2 nitrogen and oxygen atoms in total. The molecule has 1 fully saturated rings. The predicted molar refractivity (Wildman–Crippen MR) is 131 cm³/mol. The first-order valence-electron chi connectivity index (χ1n) is 11.9. The number of carboxylic acid groups (broad SMARTS) is 1. The molecule has 2 heteroatoms. The van der Waals surface area contributed by atoms with Crippen LogP contribution in [0.1, 0.15) is 90.0 Å². The first-order valence-corrected chi connectivity index (χ1v) is 11.9. The lowest BCUT2D eigenvalue weighted by atomic mass is 9.92. The molecule has 1 N–H and O–H groups in total. The third-order valence-corrected chi connectivity index (χ3v) is 5.32. The Morgan fingerprint density at radius 2 is 1.67 bits per heavy atom. The summed E-state index contributed by atoms with van der Waals surface area (Å²) in [5, 5.41) is 8.64. The van der Waals surface area contributed by atoms with Crippen LogP contribution in [0.4, 0.5) is 0 Å². The Hall–Kier alpha value is -2.09. The normalized spacial score (nSPS) is 18.9. The minimum Gasteiger partial charge on any atom is -0.481 e. The molecule has 0 spiro atoms. The fourth-order valence-electron chi connectivity index (χ4n) is 3.78. The molecule has 0 bridgehead atoms. The molecular weight excluding hydrogens is 368 g/mol. The lowest BCUT2D eigenvalue weighted by molar-refractivity contribution is -0.137. The molecule has 166 valence electrons. The lowest BCUT2D eigenvalue weighted by Crippen LogP contribution is -2.03. The highest BCUT2D eigenvalue weighted by Gasteiger charge is 2.23. The first kappa shape index (κ1) is 25.9. The Morgan fingerprint density at radius 1 is 0.967 bits per heavy atom. The second-order valence-corrected chi connectivity index (χ2v) is 8.23. The average molecular weight is 411 g/mol. The molecule has 0 aromatic heterocycles. The second kappa shape index (κ2) is 17.7. The van der Waals surface area contributed by atoms with Gasteiger partial charge in [0.05, 0.1) is 0 Å². The SMILES string of the molecule is CCC.O=C(O)CCC/C=C\C[C@H]1CCCC1/C=C/CCCC=Cc1ccccc1. The topological polar surface area (TPSA) is 37.3 Å². The van der Waals surface area contributed by atoms with Crippen LogP contribution in [-0.2, 0) is 4.79 Å². The third-order valence-electron chi connectivity index (χ3n) is 5.32. The standard InChI is InChI=1S/C25H34O2.C3H8/c26-25(27)21-12-5-4-11-18-24-20-13-19-23(24)17-10-3-1-2-7-14-22-15-8-6-9-16-22;1-3-2/h4,6-11,14-17,23-24H,1-3,5,12-13,18-21H2,(H,26,27);3H2,1-2H3/b11-4-,14-7?,17-10+;/t23?,24-;/m0./s1. The van der Waals surface area contributed by atoms with Crippen LogP contribution >= 0.6 is 0 Å². The van der Waals surface area contributed by atoms with Crippen molar-refractivity contribution in [2.45, 2.75) is 84.5 Å². The van der Waals surface area contributed by atoms with Crippen LogP contribution in [0.3, 0.4) is 0 Å². The third kappa shape index (κ3) is 13.2. The molecular formula is C28H42O2. The minimum absolute atomic E-state index is 0.277. The van der Waals surface area contributed by atoms with Gasteiger partial charge in [-0.2, -0.15) is 0 Å². The summed E-state index contributed by atoms with van der Waals surface area (Å²) in [5.74, 6) is 0.809. The van der Waals surface area contributed by atoms with Crippen LogP contribution < -0.4 is 0 Å². The van der Waals surface area contributed by atoms with Crippen LogP contribution in [0.25, 0.3) is 6.08 Å². The van der Waals surface area contributed by atoms with E-state index < -0.39 is 5.97 Å². The van der Waals surface area contributed by atoms with Gasteiger partial charge in [-0.1, -0.05) is 93.5 Å². The van der Waals surface area contributed by atoms with Crippen LogP contribution in [0.15, 0.2) is 60.7 Å². The maximum Gasteiger partial charge on any atom is 0.303 e. The molecule has 1 aromatic carbocycles. The van der Waals surface area contributed by atoms with Crippen molar-refractivity contribution >= 4 is 12.0 Å². The van der Waals surface area contributed by atoms with E-state index in [1.54, 1.807) is 0 Å². The number of aliphatic carboxylic acids is 1. The number of benzene rings is 1. The van der Waals surface area contributed by atoms with Gasteiger partial charge in [0.25, 0.3) is 0 Å². The largest absolute Gasteiger partial charge is 0.481 e. The molecule has 2 rings (SSSR count). The van der Waals surface area contributed by atoms with Crippen molar-refractivity contribution in [2.24, 2.45) is 11.8 Å². The zero-order valence-electron chi connectivity index (χ0n) is 19.1. The van der Waals surface area contributed by atoms with E-state index in [1.165, 1.54) is 37.7 Å². The summed E-state index contributed by atoms with van der Waals surface area (Å²) in [7, 11) is 0. The molecule has 1 aliphatic carbocycles. The number of carbonyl (C=O) groups is 1. The lowest BCUT2D eigenvalue weighted by Gasteiger charge is -2.13. The van der Waals surface area contributed by atoms with Gasteiger partial charge in [0, 0.05) is 6.42 Å². The first-order chi connectivity index (χ1) is 14.7. The summed E-state index contributed by atoms with van der Waals surface area (Å²) in [4.78, 5) is 10.5. The molecule has 0 saturated heterocycles. The van der Waals surface area contributed by atoms with Gasteiger partial charge in [-0.25, -0.2) is 0 Å². The summed E-state index contributed by atoms with van der Waals surface area (Å²) in [6.45, 7) is 4.25. The van der Waals surface area contributed by atoms with E-state index in [0.717, 1.165) is 43.9 Å². The van der Waals surface area contributed by atoms with E-state index in [0.29, 0.717) is 0 Å². The quantitative estimate of drug-likeness (QED) is 0.277. The van der Waals surface area contributed by atoms with Gasteiger partial charge in [-0.15, -0.1) is 0 Å². The van der Waals surface area contributed by atoms with Crippen LogP contribution in [0.5, 0.6) is 0 Å². The predicted octanol–water partition coefficient (Wildman–Crippen LogP) is 8.46. The highest BCUT2D eigenvalue weighted by atomic mass is 16.4. The van der Waals surface area contributed by atoms with E-state index in [4.69, 9.17) is 5.11 Å². The zero-order valence-corrected chi connectivity index (χ0v) is 19.1. The average Bonchev–Trinajstić information content (AvgIpc) is 3.18. The monoisotopic (exact) mass is 410 g/mol. The molecule has 1 saturated carbocycles. The number of carboxylic acids is 1. The molecule has 0 heterocycles. The molecule has 1 unspecified atom stereocenters. The number of allylic oxidation sites excluding steroid dienone is 5. The van der Waals surface area contributed by atoms with Gasteiger partial charge < -0.3 is 5.11 Å². The smallest absolute Gasteiger partial charge is 0.303 e. The van der Waals surface area contributed by atoms with Crippen molar-refractivity contribution in [3.8, 4) is 0 Å². The Kier molecular flexibility index (Phi) is 15.3. The molecule has 0 radical (unpaired) electrons. The van der Waals surface area contributed by atoms with Crippen molar-refractivity contribution in [1.82, 2.24) is 0 Å². The maximum absolute atomic E-state index is 10.5. The van der Waals surface area contributed by atoms with Crippen LogP contribution in [0.2, 0.25) is 0 Å². The van der Waals surface area contributed by atoms with Crippen LogP contribution in [-0.4, -0.2) is 11.1 Å². The number of rotatable bonds is 12. The summed E-state index contributed by atoms with van der Waals surface area (Å²) >= 11 is 0. The van der Waals surface area contributed by atoms with Gasteiger partial charge in [-0.05, 0) is 68.8 Å². The fraction of sp³-hybridized carbons (Fsp3) is 0.536. The molecule has 1 aromatic rings. The van der Waals surface area contributed by atoms with E-state index in [2.05, 4.69) is 74.6 Å². The van der Waals surface area contributed by atoms with Gasteiger partial charge in [-0.3, -0.25) is 4.79 Å². The molecule has 1 aliphatic rings. The van der Waals surface area contributed by atoms with E-state index in [-0.39, 0.29) is 6.42 Å². The molecule has 2 atom stereocenters. The highest BCUT2D eigenvalue weighted by molar-refractivity contribution is 5.66. The van der Waals surface area contributed by atoms with Gasteiger partial charge in [0.1, 0.15) is 0 Å². The van der Waals surface area contributed by atoms with Crippen molar-refractivity contribution in [3.05, 3.63) is 66.3 Å². The van der Waals surface area contributed by atoms with Gasteiger partial charge in [0.2, 0.25) is 0 Å². The van der Waals surface area contributed by atoms with E-state index in [9.17, 15) is 4.79 Å².